The average Bonchev–Trinajstić information content (AvgIpc) is 2.55. The van der Waals surface area contributed by atoms with E-state index in [1.165, 1.54) is 11.3 Å². The van der Waals surface area contributed by atoms with Crippen LogP contribution in [0.3, 0.4) is 0 Å². The number of aromatic nitrogens is 1. The molecule has 1 unspecified atom stereocenters. The van der Waals surface area contributed by atoms with Crippen molar-refractivity contribution >= 4 is 28.8 Å². The number of rotatable bonds is 4. The maximum atomic E-state index is 11.3. The number of hydrogen-bond donors (Lipinski definition) is 1. The first kappa shape index (κ1) is 10.5. The van der Waals surface area contributed by atoms with Crippen molar-refractivity contribution < 1.29 is 4.79 Å². The highest BCUT2D eigenvalue weighted by molar-refractivity contribution is 7.07. The fraction of sp³-hybridized carbons (Fsp3) is 0.500. The number of thiazole rings is 1. The van der Waals surface area contributed by atoms with Crippen molar-refractivity contribution in [2.45, 2.75) is 18.7 Å². The Kier molecular flexibility index (Phi) is 4.18. The van der Waals surface area contributed by atoms with Gasteiger partial charge in [-0.1, -0.05) is 0 Å². The third kappa shape index (κ3) is 3.74. The highest BCUT2D eigenvalue weighted by Gasteiger charge is 2.06. The quantitative estimate of drug-likeness (QED) is 0.785. The second-order valence-electron chi connectivity index (χ2n) is 2.70. The lowest BCUT2D eigenvalue weighted by molar-refractivity contribution is 0.0949. The Bertz CT molecular complexity index is 261. The fourth-order valence-electron chi connectivity index (χ4n) is 0.800. The third-order valence-electron chi connectivity index (χ3n) is 1.49. The first-order valence-corrected chi connectivity index (χ1v) is 5.38. The summed E-state index contributed by atoms with van der Waals surface area (Å²) in [6.07, 6.45) is 0.775. The zero-order valence-corrected chi connectivity index (χ0v) is 8.86. The van der Waals surface area contributed by atoms with Gasteiger partial charge < -0.3 is 5.32 Å². The first-order valence-electron chi connectivity index (χ1n) is 4.00. The van der Waals surface area contributed by atoms with E-state index in [-0.39, 0.29) is 11.3 Å². The molecule has 1 aromatic rings. The van der Waals surface area contributed by atoms with Crippen molar-refractivity contribution in [1.82, 2.24) is 10.3 Å². The Hall–Kier alpha value is -0.610. The highest BCUT2D eigenvalue weighted by Crippen LogP contribution is 2.01. The molecule has 0 radical (unpaired) electrons. The molecule has 0 spiro atoms. The third-order valence-corrected chi connectivity index (χ3v) is 2.30. The molecule has 0 aliphatic carbocycles. The van der Waals surface area contributed by atoms with Crippen LogP contribution in [0.15, 0.2) is 10.9 Å². The number of hydrogen-bond acceptors (Lipinski definition) is 3. The van der Waals surface area contributed by atoms with E-state index in [1.807, 2.05) is 6.92 Å². The number of nitrogens with one attached hydrogen (secondary N) is 1. The number of nitrogens with zero attached hydrogens (tertiary/aromatic N) is 1. The minimum atomic E-state index is -0.126. The van der Waals surface area contributed by atoms with E-state index in [9.17, 15) is 4.79 Å². The molecule has 1 aromatic heterocycles. The molecule has 1 N–H and O–H groups in total. The summed E-state index contributed by atoms with van der Waals surface area (Å²) in [6.45, 7) is 2.50. The van der Waals surface area contributed by atoms with E-state index in [0.29, 0.717) is 12.2 Å². The molecule has 13 heavy (non-hydrogen) atoms. The van der Waals surface area contributed by atoms with Crippen molar-refractivity contribution in [1.29, 1.82) is 0 Å². The molecule has 1 atom stereocenters. The number of halogens is 1. The van der Waals surface area contributed by atoms with Crippen molar-refractivity contribution in [2.24, 2.45) is 0 Å². The summed E-state index contributed by atoms with van der Waals surface area (Å²) in [4.78, 5) is 15.2. The molecule has 1 amide bonds. The van der Waals surface area contributed by atoms with Gasteiger partial charge in [-0.2, -0.15) is 0 Å². The Morgan fingerprint density at radius 2 is 2.62 bits per heavy atom. The minimum absolute atomic E-state index is 0.0933. The van der Waals surface area contributed by atoms with E-state index < -0.39 is 0 Å². The van der Waals surface area contributed by atoms with E-state index in [0.717, 1.165) is 6.42 Å². The predicted molar refractivity (Wildman–Crippen MR) is 54.4 cm³/mol. The van der Waals surface area contributed by atoms with Crippen LogP contribution in [0.5, 0.6) is 0 Å². The number of amides is 1. The maximum Gasteiger partial charge on any atom is 0.270 e. The fourth-order valence-corrected chi connectivity index (χ4v) is 1.44. The monoisotopic (exact) mass is 218 g/mol. The summed E-state index contributed by atoms with van der Waals surface area (Å²) in [6, 6.07) is 0. The van der Waals surface area contributed by atoms with Crippen LogP contribution >= 0.6 is 22.9 Å². The summed E-state index contributed by atoms with van der Waals surface area (Å²) in [5.74, 6) is -0.126. The minimum Gasteiger partial charge on any atom is -0.351 e. The first-order chi connectivity index (χ1) is 6.20. The number of carbonyl (C=O) groups excluding carboxylic acids is 1. The second-order valence-corrected chi connectivity index (χ2v) is 4.16. The van der Waals surface area contributed by atoms with Crippen LogP contribution in [0.4, 0.5) is 0 Å². The molecule has 0 aromatic carbocycles. The Balaban J connectivity index is 2.27. The van der Waals surface area contributed by atoms with E-state index in [1.54, 1.807) is 10.9 Å². The zero-order valence-electron chi connectivity index (χ0n) is 7.29. The number of alkyl halides is 1. The van der Waals surface area contributed by atoms with Crippen molar-refractivity contribution in [2.75, 3.05) is 6.54 Å². The van der Waals surface area contributed by atoms with Gasteiger partial charge in [0.2, 0.25) is 0 Å². The molecule has 0 fully saturated rings. The summed E-state index contributed by atoms with van der Waals surface area (Å²) in [5, 5.41) is 4.55. The van der Waals surface area contributed by atoms with Crippen LogP contribution < -0.4 is 5.32 Å². The average molecular weight is 219 g/mol. The van der Waals surface area contributed by atoms with Gasteiger partial charge in [0.1, 0.15) is 5.69 Å². The topological polar surface area (TPSA) is 42.0 Å². The van der Waals surface area contributed by atoms with Crippen LogP contribution in [-0.2, 0) is 0 Å². The molecule has 0 aliphatic heterocycles. The van der Waals surface area contributed by atoms with Gasteiger partial charge in [0.05, 0.1) is 5.51 Å². The Morgan fingerprint density at radius 3 is 3.15 bits per heavy atom. The molecule has 0 saturated carbocycles. The summed E-state index contributed by atoms with van der Waals surface area (Å²) in [5.41, 5.74) is 2.12. The van der Waals surface area contributed by atoms with Gasteiger partial charge in [-0.3, -0.25) is 4.79 Å². The van der Waals surface area contributed by atoms with Crippen LogP contribution in [0.25, 0.3) is 0 Å². The van der Waals surface area contributed by atoms with E-state index in [2.05, 4.69) is 10.3 Å². The van der Waals surface area contributed by atoms with Gasteiger partial charge in [-0.15, -0.1) is 22.9 Å². The molecule has 1 heterocycles. The normalized spacial score (nSPS) is 12.5. The van der Waals surface area contributed by atoms with Crippen LogP contribution in [0.1, 0.15) is 23.8 Å². The van der Waals surface area contributed by atoms with E-state index in [4.69, 9.17) is 11.6 Å². The molecule has 72 valence electrons. The summed E-state index contributed by atoms with van der Waals surface area (Å²) in [7, 11) is 0. The van der Waals surface area contributed by atoms with Gasteiger partial charge in [0, 0.05) is 17.3 Å². The van der Waals surface area contributed by atoms with Crippen molar-refractivity contribution in [3.63, 3.8) is 0 Å². The molecule has 0 aliphatic rings. The largest absolute Gasteiger partial charge is 0.351 e. The van der Waals surface area contributed by atoms with Crippen LogP contribution in [0.2, 0.25) is 0 Å². The smallest absolute Gasteiger partial charge is 0.270 e. The van der Waals surface area contributed by atoms with Gasteiger partial charge in [0.25, 0.3) is 5.91 Å². The van der Waals surface area contributed by atoms with Gasteiger partial charge in [-0.05, 0) is 13.3 Å². The Morgan fingerprint density at radius 1 is 1.85 bits per heavy atom. The molecule has 3 nitrogen and oxygen atoms in total. The SMILES string of the molecule is CC(Cl)CCNC(=O)c1cscn1. The zero-order chi connectivity index (χ0) is 9.68. The van der Waals surface area contributed by atoms with Crippen molar-refractivity contribution in [3.8, 4) is 0 Å². The standard InChI is InChI=1S/C8H11ClN2OS/c1-6(9)2-3-10-8(12)7-4-13-5-11-7/h4-6H,2-3H2,1H3,(H,10,12). The van der Waals surface area contributed by atoms with Crippen molar-refractivity contribution in [3.05, 3.63) is 16.6 Å². The van der Waals surface area contributed by atoms with Gasteiger partial charge in [0.15, 0.2) is 0 Å². The molecule has 5 heteroatoms. The lowest BCUT2D eigenvalue weighted by atomic mass is 10.3. The lowest BCUT2D eigenvalue weighted by Gasteiger charge is -2.03. The summed E-state index contributed by atoms with van der Waals surface area (Å²) < 4.78 is 0. The van der Waals surface area contributed by atoms with E-state index >= 15 is 0 Å². The molecule has 0 bridgehead atoms. The van der Waals surface area contributed by atoms with Crippen LogP contribution in [0, 0.1) is 0 Å². The predicted octanol–water partition coefficient (Wildman–Crippen LogP) is 1.89. The Labute approximate surface area is 86.1 Å². The maximum absolute atomic E-state index is 11.3. The molecule has 1 rings (SSSR count). The van der Waals surface area contributed by atoms with Gasteiger partial charge in [-0.25, -0.2) is 4.98 Å². The number of carbonyl (C=O) groups is 1. The van der Waals surface area contributed by atoms with Gasteiger partial charge >= 0.3 is 0 Å². The summed E-state index contributed by atoms with van der Waals surface area (Å²) >= 11 is 7.13. The highest BCUT2D eigenvalue weighted by atomic mass is 35.5. The van der Waals surface area contributed by atoms with Crippen LogP contribution in [-0.4, -0.2) is 22.8 Å². The lowest BCUT2D eigenvalue weighted by Crippen LogP contribution is -2.25. The molecular formula is C8H11ClN2OS. The second kappa shape index (κ2) is 5.19. The molecular weight excluding hydrogens is 208 g/mol. The molecule has 0 saturated heterocycles.